The van der Waals surface area contributed by atoms with E-state index in [1.54, 1.807) is 0 Å². The zero-order valence-electron chi connectivity index (χ0n) is 9.61. The molecule has 2 aromatic rings. The highest BCUT2D eigenvalue weighted by Gasteiger charge is 2.12. The molecule has 0 amide bonds. The van der Waals surface area contributed by atoms with Gasteiger partial charge in [0.25, 0.3) is 0 Å². The molecule has 1 unspecified atom stereocenters. The Morgan fingerprint density at radius 2 is 1.88 bits per heavy atom. The lowest BCUT2D eigenvalue weighted by atomic mass is 10.2. The third kappa shape index (κ3) is 2.72. The van der Waals surface area contributed by atoms with Crippen molar-refractivity contribution < 1.29 is 0 Å². The number of nitrogens with zero attached hydrogens (tertiary/aromatic N) is 2. The van der Waals surface area contributed by atoms with Gasteiger partial charge in [0.1, 0.15) is 0 Å². The van der Waals surface area contributed by atoms with Crippen LogP contribution in [0.3, 0.4) is 0 Å². The molecule has 1 aromatic heterocycles. The number of aryl methyl sites for hydroxylation is 1. The Labute approximate surface area is 117 Å². The summed E-state index contributed by atoms with van der Waals surface area (Å²) in [6.45, 7) is 2.11. The molecule has 0 radical (unpaired) electrons. The summed E-state index contributed by atoms with van der Waals surface area (Å²) in [4.78, 5) is 0. The van der Waals surface area contributed by atoms with Crippen molar-refractivity contribution in [3.05, 3.63) is 45.1 Å². The molecule has 0 aliphatic carbocycles. The van der Waals surface area contributed by atoms with E-state index in [1.165, 1.54) is 0 Å². The van der Waals surface area contributed by atoms with E-state index in [0.29, 0.717) is 0 Å². The zero-order chi connectivity index (χ0) is 12.4. The number of para-hydroxylation sites is 1. The lowest BCUT2D eigenvalue weighted by Crippen LogP contribution is -2.12. The number of rotatable bonds is 3. The maximum absolute atomic E-state index is 4.18. The van der Waals surface area contributed by atoms with Gasteiger partial charge in [-0.3, -0.25) is 4.68 Å². The van der Waals surface area contributed by atoms with Gasteiger partial charge < -0.3 is 5.32 Å². The second kappa shape index (κ2) is 5.23. The minimum atomic E-state index is 0.192. The lowest BCUT2D eigenvalue weighted by Gasteiger charge is -2.18. The number of benzene rings is 1. The van der Waals surface area contributed by atoms with Crippen LogP contribution in [0, 0.1) is 0 Å². The summed E-state index contributed by atoms with van der Waals surface area (Å²) >= 11 is 7.08. The molecule has 1 N–H and O–H groups in total. The topological polar surface area (TPSA) is 29.9 Å². The van der Waals surface area contributed by atoms with E-state index in [0.717, 1.165) is 20.3 Å². The van der Waals surface area contributed by atoms with Crippen molar-refractivity contribution in [1.82, 2.24) is 9.78 Å². The van der Waals surface area contributed by atoms with Gasteiger partial charge >= 0.3 is 0 Å². The van der Waals surface area contributed by atoms with Gasteiger partial charge in [-0.25, -0.2) is 0 Å². The fourth-order valence-electron chi connectivity index (χ4n) is 1.73. The fourth-order valence-corrected chi connectivity index (χ4v) is 2.96. The number of halogens is 2. The van der Waals surface area contributed by atoms with Crippen LogP contribution < -0.4 is 5.32 Å². The predicted molar refractivity (Wildman–Crippen MR) is 77.1 cm³/mol. The molecule has 5 heteroatoms. The largest absolute Gasteiger partial charge is 0.375 e. The number of nitrogens with one attached hydrogen (secondary N) is 1. The molecule has 0 saturated heterocycles. The van der Waals surface area contributed by atoms with Crippen LogP contribution >= 0.6 is 31.9 Å². The third-order valence-corrected chi connectivity index (χ3v) is 3.95. The second-order valence-corrected chi connectivity index (χ2v) is 5.55. The first-order chi connectivity index (χ1) is 8.09. The van der Waals surface area contributed by atoms with Gasteiger partial charge in [-0.15, -0.1) is 0 Å². The summed E-state index contributed by atoms with van der Waals surface area (Å²) in [6.07, 6.45) is 1.81. The van der Waals surface area contributed by atoms with Crippen LogP contribution in [0.1, 0.15) is 18.7 Å². The van der Waals surface area contributed by atoms with Crippen molar-refractivity contribution in [3.8, 4) is 0 Å². The second-order valence-electron chi connectivity index (χ2n) is 3.84. The monoisotopic (exact) mass is 357 g/mol. The van der Waals surface area contributed by atoms with E-state index >= 15 is 0 Å². The van der Waals surface area contributed by atoms with Crippen molar-refractivity contribution in [2.24, 2.45) is 7.05 Å². The summed E-state index contributed by atoms with van der Waals surface area (Å²) in [7, 11) is 1.95. The van der Waals surface area contributed by atoms with Crippen LogP contribution in [0.2, 0.25) is 0 Å². The normalized spacial score (nSPS) is 12.5. The highest BCUT2D eigenvalue weighted by atomic mass is 79.9. The van der Waals surface area contributed by atoms with Gasteiger partial charge in [-0.2, -0.15) is 5.10 Å². The van der Waals surface area contributed by atoms with E-state index in [4.69, 9.17) is 0 Å². The fraction of sp³-hybridized carbons (Fsp3) is 0.250. The molecule has 0 fully saturated rings. The first kappa shape index (κ1) is 12.6. The molecule has 1 atom stereocenters. The van der Waals surface area contributed by atoms with Crippen molar-refractivity contribution in [1.29, 1.82) is 0 Å². The number of hydrogen-bond acceptors (Lipinski definition) is 2. The number of aromatic nitrogens is 2. The highest BCUT2D eigenvalue weighted by Crippen LogP contribution is 2.33. The molecule has 90 valence electrons. The summed E-state index contributed by atoms with van der Waals surface area (Å²) in [6, 6.07) is 8.24. The van der Waals surface area contributed by atoms with E-state index < -0.39 is 0 Å². The molecule has 0 saturated carbocycles. The first-order valence-electron chi connectivity index (χ1n) is 5.28. The lowest BCUT2D eigenvalue weighted by molar-refractivity contribution is 0.675. The molecule has 1 aromatic carbocycles. The first-order valence-corrected chi connectivity index (χ1v) is 6.86. The van der Waals surface area contributed by atoms with Crippen LogP contribution in [0.5, 0.6) is 0 Å². The Morgan fingerprint density at radius 1 is 1.24 bits per heavy atom. The Kier molecular flexibility index (Phi) is 3.89. The van der Waals surface area contributed by atoms with Gasteiger partial charge in [-0.1, -0.05) is 6.07 Å². The van der Waals surface area contributed by atoms with Crippen LogP contribution in [0.25, 0.3) is 0 Å². The molecule has 0 aliphatic heterocycles. The molecule has 0 aliphatic rings. The summed E-state index contributed by atoms with van der Waals surface area (Å²) in [5.41, 5.74) is 2.20. The Morgan fingerprint density at radius 3 is 2.41 bits per heavy atom. The smallest absolute Gasteiger partial charge is 0.0654 e. The van der Waals surface area contributed by atoms with Gasteiger partial charge in [-0.05, 0) is 57.0 Å². The third-order valence-electron chi connectivity index (χ3n) is 2.63. The predicted octanol–water partition coefficient (Wildman–Crippen LogP) is 4.12. The Balaban J connectivity index is 2.25. The molecular formula is C12H13Br2N3. The Hall–Kier alpha value is -0.810. The molecule has 1 heterocycles. The SMILES string of the molecule is CC(Nc1c(Br)cccc1Br)c1ccnn1C. The molecular weight excluding hydrogens is 346 g/mol. The van der Waals surface area contributed by atoms with Gasteiger partial charge in [0.15, 0.2) is 0 Å². The maximum Gasteiger partial charge on any atom is 0.0654 e. The van der Waals surface area contributed by atoms with Crippen molar-refractivity contribution >= 4 is 37.5 Å². The van der Waals surface area contributed by atoms with Crippen LogP contribution in [0.15, 0.2) is 39.4 Å². The van der Waals surface area contributed by atoms with E-state index in [9.17, 15) is 0 Å². The van der Waals surface area contributed by atoms with Crippen LogP contribution in [-0.4, -0.2) is 9.78 Å². The molecule has 3 nitrogen and oxygen atoms in total. The summed E-state index contributed by atoms with van der Waals surface area (Å²) in [5.74, 6) is 0. The molecule has 2 rings (SSSR count). The van der Waals surface area contributed by atoms with Crippen molar-refractivity contribution in [2.45, 2.75) is 13.0 Å². The Bertz CT molecular complexity index is 502. The maximum atomic E-state index is 4.18. The molecule has 17 heavy (non-hydrogen) atoms. The standard InChI is InChI=1S/C12H13Br2N3/c1-8(11-6-7-15-17(11)2)16-12-9(13)4-3-5-10(12)14/h3-8,16H,1-2H3. The summed E-state index contributed by atoms with van der Waals surface area (Å²) in [5, 5.41) is 7.64. The molecule has 0 bridgehead atoms. The minimum Gasteiger partial charge on any atom is -0.375 e. The van der Waals surface area contributed by atoms with Crippen molar-refractivity contribution in [3.63, 3.8) is 0 Å². The molecule has 0 spiro atoms. The quantitative estimate of drug-likeness (QED) is 0.894. The van der Waals surface area contributed by atoms with Gasteiger partial charge in [0.05, 0.1) is 17.4 Å². The van der Waals surface area contributed by atoms with Gasteiger partial charge in [0, 0.05) is 22.2 Å². The number of anilines is 1. The van der Waals surface area contributed by atoms with Crippen LogP contribution in [0.4, 0.5) is 5.69 Å². The van der Waals surface area contributed by atoms with E-state index in [1.807, 2.05) is 42.2 Å². The highest BCUT2D eigenvalue weighted by molar-refractivity contribution is 9.11. The zero-order valence-corrected chi connectivity index (χ0v) is 12.8. The van der Waals surface area contributed by atoms with Gasteiger partial charge in [0.2, 0.25) is 0 Å². The minimum absolute atomic E-state index is 0.192. The average Bonchev–Trinajstić information content (AvgIpc) is 2.70. The van der Waals surface area contributed by atoms with Crippen LogP contribution in [-0.2, 0) is 7.05 Å². The number of hydrogen-bond donors (Lipinski definition) is 1. The average molecular weight is 359 g/mol. The van der Waals surface area contributed by atoms with Crippen molar-refractivity contribution in [2.75, 3.05) is 5.32 Å². The van der Waals surface area contributed by atoms with E-state index in [-0.39, 0.29) is 6.04 Å². The van der Waals surface area contributed by atoms with E-state index in [2.05, 4.69) is 49.2 Å². The summed E-state index contributed by atoms with van der Waals surface area (Å²) < 4.78 is 3.96.